The van der Waals surface area contributed by atoms with E-state index in [1.54, 1.807) is 35.6 Å². The van der Waals surface area contributed by atoms with Crippen molar-refractivity contribution in [3.8, 4) is 11.3 Å². The number of carbonyl (C=O) groups is 1. The minimum absolute atomic E-state index is 0.0413. The summed E-state index contributed by atoms with van der Waals surface area (Å²) in [6.45, 7) is 4.67. The first-order chi connectivity index (χ1) is 13.2. The van der Waals surface area contributed by atoms with Gasteiger partial charge in [-0.15, -0.1) is 11.3 Å². The average molecular weight is 421 g/mol. The lowest BCUT2D eigenvalue weighted by molar-refractivity contribution is 0.201. The normalized spacial score (nSPS) is 11.7. The molecule has 3 aromatic heterocycles. The van der Waals surface area contributed by atoms with Crippen molar-refractivity contribution in [1.82, 2.24) is 19.3 Å². The van der Waals surface area contributed by atoms with E-state index in [9.17, 15) is 13.2 Å². The largest absolute Gasteiger partial charge is 0.464 e. The van der Waals surface area contributed by atoms with Crippen molar-refractivity contribution in [2.75, 3.05) is 0 Å². The zero-order valence-electron chi connectivity index (χ0n) is 15.4. The van der Waals surface area contributed by atoms with Crippen LogP contribution in [0.25, 0.3) is 11.3 Å². The van der Waals surface area contributed by atoms with Crippen LogP contribution in [0.5, 0.6) is 0 Å². The zero-order chi connectivity index (χ0) is 20.3. The van der Waals surface area contributed by atoms with Gasteiger partial charge in [-0.2, -0.15) is 0 Å². The molecule has 0 aromatic carbocycles. The van der Waals surface area contributed by atoms with Gasteiger partial charge in [0.15, 0.2) is 0 Å². The van der Waals surface area contributed by atoms with E-state index in [1.807, 2.05) is 30.7 Å². The third-order valence-electron chi connectivity index (χ3n) is 3.85. The molecule has 8 nitrogen and oxygen atoms in total. The second-order valence-electron chi connectivity index (χ2n) is 6.71. The van der Waals surface area contributed by atoms with Crippen LogP contribution in [0.15, 0.2) is 47.3 Å². The summed E-state index contributed by atoms with van der Waals surface area (Å²) in [5, 5.41) is 8.87. The first-order valence-corrected chi connectivity index (χ1v) is 10.8. The SMILES string of the molecule is CC(C)Cc1cc(-c2ccc(Cn3ccnc3)cn2)c(S(=O)(=O)NC(=O)O)s1. The van der Waals surface area contributed by atoms with E-state index < -0.39 is 16.1 Å². The summed E-state index contributed by atoms with van der Waals surface area (Å²) in [5.41, 5.74) is 1.82. The van der Waals surface area contributed by atoms with Crippen LogP contribution in [-0.4, -0.2) is 34.2 Å². The molecule has 2 N–H and O–H groups in total. The zero-order valence-corrected chi connectivity index (χ0v) is 17.0. The molecule has 0 unspecified atom stereocenters. The molecule has 3 aromatic rings. The monoisotopic (exact) mass is 420 g/mol. The maximum Gasteiger partial charge on any atom is 0.418 e. The van der Waals surface area contributed by atoms with E-state index >= 15 is 0 Å². The lowest BCUT2D eigenvalue weighted by Gasteiger charge is -2.06. The Balaban J connectivity index is 1.97. The van der Waals surface area contributed by atoms with Gasteiger partial charge in [0.25, 0.3) is 10.0 Å². The third-order valence-corrected chi connectivity index (χ3v) is 6.86. The highest BCUT2D eigenvalue weighted by molar-refractivity contribution is 7.92. The van der Waals surface area contributed by atoms with E-state index in [0.29, 0.717) is 30.1 Å². The van der Waals surface area contributed by atoms with Crippen LogP contribution in [0, 0.1) is 5.92 Å². The molecule has 3 rings (SSSR count). The van der Waals surface area contributed by atoms with Gasteiger partial charge in [0.05, 0.1) is 12.0 Å². The Hall–Kier alpha value is -2.72. The van der Waals surface area contributed by atoms with Crippen LogP contribution < -0.4 is 4.72 Å². The highest BCUT2D eigenvalue weighted by Crippen LogP contribution is 2.35. The molecule has 0 bridgehead atoms. The Kier molecular flexibility index (Phi) is 5.80. The smallest absolute Gasteiger partial charge is 0.418 e. The first kappa shape index (κ1) is 20.0. The van der Waals surface area contributed by atoms with Crippen molar-refractivity contribution in [1.29, 1.82) is 0 Å². The van der Waals surface area contributed by atoms with Crippen LogP contribution in [0.2, 0.25) is 0 Å². The van der Waals surface area contributed by atoms with Crippen LogP contribution in [0.4, 0.5) is 4.79 Å². The fraction of sp³-hybridized carbons (Fsp3) is 0.278. The summed E-state index contributed by atoms with van der Waals surface area (Å²) in [7, 11) is -4.19. The molecule has 3 heterocycles. The summed E-state index contributed by atoms with van der Waals surface area (Å²) in [5.74, 6) is 0.333. The van der Waals surface area contributed by atoms with Crippen LogP contribution in [0.1, 0.15) is 24.3 Å². The van der Waals surface area contributed by atoms with Crippen LogP contribution in [-0.2, 0) is 23.0 Å². The molecule has 0 aliphatic carbocycles. The molecule has 0 saturated carbocycles. The molecule has 0 radical (unpaired) electrons. The van der Waals surface area contributed by atoms with Gasteiger partial charge in [0, 0.05) is 35.6 Å². The number of hydrogen-bond acceptors (Lipinski definition) is 6. The molecule has 0 spiro atoms. The minimum atomic E-state index is -4.19. The number of pyridine rings is 1. The molecular formula is C18H20N4O4S2. The number of imidazole rings is 1. The third kappa shape index (κ3) is 4.76. The average Bonchev–Trinajstić information content (AvgIpc) is 3.24. The summed E-state index contributed by atoms with van der Waals surface area (Å²) in [6.07, 6.45) is 5.99. The number of amides is 1. The van der Waals surface area contributed by atoms with Gasteiger partial charge in [-0.3, -0.25) is 4.98 Å². The Bertz CT molecular complexity index is 1060. The van der Waals surface area contributed by atoms with Crippen molar-refractivity contribution in [3.05, 3.63) is 53.6 Å². The quantitative estimate of drug-likeness (QED) is 0.607. The van der Waals surface area contributed by atoms with E-state index in [4.69, 9.17) is 5.11 Å². The number of carboxylic acid groups (broad SMARTS) is 1. The molecular weight excluding hydrogens is 400 g/mol. The first-order valence-electron chi connectivity index (χ1n) is 8.54. The molecule has 28 heavy (non-hydrogen) atoms. The second-order valence-corrected chi connectivity index (χ2v) is 9.72. The molecule has 10 heteroatoms. The molecule has 148 valence electrons. The van der Waals surface area contributed by atoms with E-state index in [2.05, 4.69) is 9.97 Å². The Labute approximate surface area is 167 Å². The molecule has 0 aliphatic rings. The Morgan fingerprint density at radius 1 is 1.36 bits per heavy atom. The number of thiophene rings is 1. The number of aromatic nitrogens is 3. The van der Waals surface area contributed by atoms with Crippen LogP contribution >= 0.6 is 11.3 Å². The number of sulfonamides is 1. The van der Waals surface area contributed by atoms with Gasteiger partial charge in [-0.05, 0) is 30.0 Å². The number of hydrogen-bond donors (Lipinski definition) is 2. The fourth-order valence-corrected chi connectivity index (χ4v) is 5.50. The fourth-order valence-electron chi connectivity index (χ4n) is 2.73. The Morgan fingerprint density at radius 2 is 2.14 bits per heavy atom. The predicted octanol–water partition coefficient (Wildman–Crippen LogP) is 3.21. The molecule has 0 fully saturated rings. The van der Waals surface area contributed by atoms with E-state index in [-0.39, 0.29) is 4.21 Å². The second kappa shape index (κ2) is 8.11. The van der Waals surface area contributed by atoms with Crippen LogP contribution in [0.3, 0.4) is 0 Å². The van der Waals surface area contributed by atoms with Crippen molar-refractivity contribution < 1.29 is 18.3 Å². The maximum atomic E-state index is 12.5. The predicted molar refractivity (Wildman–Crippen MR) is 106 cm³/mol. The Morgan fingerprint density at radius 3 is 2.71 bits per heavy atom. The lowest BCUT2D eigenvalue weighted by Crippen LogP contribution is -2.28. The van der Waals surface area contributed by atoms with Crippen molar-refractivity contribution in [2.45, 2.75) is 31.0 Å². The summed E-state index contributed by atoms with van der Waals surface area (Å²) in [4.78, 5) is 20.2. The highest BCUT2D eigenvalue weighted by Gasteiger charge is 2.26. The molecule has 1 amide bonds. The standard InChI is InChI=1S/C18H20N4O4S2/c1-12(2)7-14-8-15(17(27-14)28(25,26)21-18(23)24)16-4-3-13(9-20-16)10-22-6-5-19-11-22/h3-6,8-9,11-12,21H,7,10H2,1-2H3,(H,23,24). The number of rotatable bonds is 7. The van der Waals surface area contributed by atoms with Gasteiger partial charge < -0.3 is 9.67 Å². The van der Waals surface area contributed by atoms with E-state index in [1.165, 1.54) is 0 Å². The van der Waals surface area contributed by atoms with Crippen molar-refractivity contribution in [3.63, 3.8) is 0 Å². The van der Waals surface area contributed by atoms with Crippen molar-refractivity contribution >= 4 is 27.5 Å². The summed E-state index contributed by atoms with van der Waals surface area (Å²) >= 11 is 1.07. The van der Waals surface area contributed by atoms with Gasteiger partial charge in [-0.1, -0.05) is 19.9 Å². The molecule has 0 saturated heterocycles. The highest BCUT2D eigenvalue weighted by atomic mass is 32.2. The van der Waals surface area contributed by atoms with Gasteiger partial charge in [0.1, 0.15) is 4.21 Å². The van der Waals surface area contributed by atoms with Gasteiger partial charge in [-0.25, -0.2) is 22.9 Å². The van der Waals surface area contributed by atoms with E-state index in [0.717, 1.165) is 21.8 Å². The summed E-state index contributed by atoms with van der Waals surface area (Å²) < 4.78 is 28.5. The maximum absolute atomic E-state index is 12.5. The van der Waals surface area contributed by atoms with Gasteiger partial charge >= 0.3 is 6.09 Å². The number of nitrogens with zero attached hydrogens (tertiary/aromatic N) is 3. The topological polar surface area (TPSA) is 114 Å². The number of nitrogens with one attached hydrogen (secondary N) is 1. The van der Waals surface area contributed by atoms with Gasteiger partial charge in [0.2, 0.25) is 0 Å². The molecule has 0 atom stereocenters. The minimum Gasteiger partial charge on any atom is -0.464 e. The summed E-state index contributed by atoms with van der Waals surface area (Å²) in [6, 6.07) is 5.38. The molecule has 0 aliphatic heterocycles. The van der Waals surface area contributed by atoms with Crippen molar-refractivity contribution in [2.24, 2.45) is 5.92 Å². The lowest BCUT2D eigenvalue weighted by atomic mass is 10.1.